The first kappa shape index (κ1) is 19.4. The summed E-state index contributed by atoms with van der Waals surface area (Å²) in [6, 6.07) is 14.2. The fraction of sp³-hybridized carbons (Fsp3) is 0.261. The van der Waals surface area contributed by atoms with Crippen molar-refractivity contribution in [2.24, 2.45) is 0 Å². The van der Waals surface area contributed by atoms with E-state index in [0.29, 0.717) is 40.6 Å². The minimum atomic E-state index is -0.345. The van der Waals surface area contributed by atoms with E-state index in [1.165, 1.54) is 12.1 Å². The molecule has 2 aromatic carbocycles. The number of nitrogens with zero attached hydrogens (tertiary/aromatic N) is 4. The van der Waals surface area contributed by atoms with Crippen LogP contribution >= 0.6 is 0 Å². The molecule has 1 saturated heterocycles. The molecule has 5 rings (SSSR count). The van der Waals surface area contributed by atoms with E-state index >= 15 is 0 Å². The van der Waals surface area contributed by atoms with E-state index in [1.54, 1.807) is 16.8 Å². The molecule has 3 heterocycles. The molecule has 2 aromatic heterocycles. The van der Waals surface area contributed by atoms with Gasteiger partial charge >= 0.3 is 0 Å². The Labute approximate surface area is 179 Å². The molecule has 0 bridgehead atoms. The third kappa shape index (κ3) is 3.82. The first-order valence-electron chi connectivity index (χ1n) is 10.3. The summed E-state index contributed by atoms with van der Waals surface area (Å²) in [5.41, 5.74) is 10.0. The highest BCUT2D eigenvalue weighted by molar-refractivity contribution is 5.99. The van der Waals surface area contributed by atoms with Gasteiger partial charge in [0.2, 0.25) is 5.95 Å². The normalized spacial score (nSPS) is 16.1. The van der Waals surface area contributed by atoms with Gasteiger partial charge in [-0.25, -0.2) is 14.1 Å². The molecule has 7 nitrogen and oxygen atoms in total. The molecular weight excluding hydrogens is 395 g/mol. The van der Waals surface area contributed by atoms with Crippen LogP contribution in [0, 0.1) is 12.7 Å². The number of nitrogens with two attached hydrogens (primary N) is 1. The standard InChI is InChI=1S/C23H23FN6O/c1-14-5-2-8-17(11-14)30-21(25)19-20(15-6-3-7-16(24)12-15)27-23(28-22(19)29-30)26-13-18-9-4-10-31-18/h2-3,5-8,11-12,18H,4,9-10,13,25H2,1H3,(H,26,28,29)/t18-/m0/s1. The molecule has 0 amide bonds. The third-order valence-electron chi connectivity index (χ3n) is 5.43. The number of hydrogen-bond acceptors (Lipinski definition) is 6. The lowest BCUT2D eigenvalue weighted by molar-refractivity contribution is 0.120. The predicted molar refractivity (Wildman–Crippen MR) is 119 cm³/mol. The van der Waals surface area contributed by atoms with Crippen LogP contribution in [-0.2, 0) is 4.74 Å². The number of hydrogen-bond donors (Lipinski definition) is 2. The molecule has 0 unspecified atom stereocenters. The first-order chi connectivity index (χ1) is 15.1. The lowest BCUT2D eigenvalue weighted by Gasteiger charge is -2.12. The molecule has 3 N–H and O–H groups in total. The van der Waals surface area contributed by atoms with Crippen LogP contribution in [0.5, 0.6) is 0 Å². The average Bonchev–Trinajstić information content (AvgIpc) is 3.40. The molecule has 31 heavy (non-hydrogen) atoms. The summed E-state index contributed by atoms with van der Waals surface area (Å²) >= 11 is 0. The highest BCUT2D eigenvalue weighted by atomic mass is 19.1. The maximum Gasteiger partial charge on any atom is 0.225 e. The average molecular weight is 418 g/mol. The molecule has 1 aliphatic rings. The number of fused-ring (bicyclic) bond motifs is 1. The molecule has 0 saturated carbocycles. The van der Waals surface area contributed by atoms with Gasteiger partial charge in [-0.05, 0) is 49.6 Å². The molecule has 1 fully saturated rings. The predicted octanol–water partition coefficient (Wildman–Crippen LogP) is 4.10. The molecule has 1 aliphatic heterocycles. The fourth-order valence-electron chi connectivity index (χ4n) is 3.90. The van der Waals surface area contributed by atoms with Crippen LogP contribution < -0.4 is 11.1 Å². The van der Waals surface area contributed by atoms with Gasteiger partial charge in [0.25, 0.3) is 0 Å². The summed E-state index contributed by atoms with van der Waals surface area (Å²) in [6.45, 7) is 3.38. The van der Waals surface area contributed by atoms with E-state index in [-0.39, 0.29) is 11.9 Å². The number of halogens is 1. The Morgan fingerprint density at radius 3 is 2.84 bits per heavy atom. The van der Waals surface area contributed by atoms with Crippen molar-refractivity contribution >= 4 is 22.8 Å². The molecule has 4 aromatic rings. The molecule has 0 spiro atoms. The highest BCUT2D eigenvalue weighted by Crippen LogP contribution is 2.33. The lowest BCUT2D eigenvalue weighted by atomic mass is 10.1. The molecular formula is C23H23FN6O. The minimum absolute atomic E-state index is 0.131. The van der Waals surface area contributed by atoms with Gasteiger partial charge in [-0.1, -0.05) is 24.3 Å². The van der Waals surface area contributed by atoms with Crippen LogP contribution in [0.2, 0.25) is 0 Å². The number of anilines is 2. The summed E-state index contributed by atoms with van der Waals surface area (Å²) in [4.78, 5) is 9.27. The van der Waals surface area contributed by atoms with Crippen molar-refractivity contribution in [3.05, 3.63) is 59.9 Å². The zero-order chi connectivity index (χ0) is 21.4. The molecule has 158 valence electrons. The van der Waals surface area contributed by atoms with Crippen LogP contribution in [0.3, 0.4) is 0 Å². The number of benzene rings is 2. The molecule has 0 radical (unpaired) electrons. The third-order valence-corrected chi connectivity index (χ3v) is 5.43. The first-order valence-corrected chi connectivity index (χ1v) is 10.3. The molecule has 1 atom stereocenters. The van der Waals surface area contributed by atoms with E-state index in [4.69, 9.17) is 10.5 Å². The SMILES string of the molecule is Cc1cccc(-n2nc3nc(NC[C@@H]4CCCO4)nc(-c4cccc(F)c4)c3c2N)c1. The number of nitrogens with one attached hydrogen (secondary N) is 1. The van der Waals surface area contributed by atoms with E-state index < -0.39 is 0 Å². The summed E-state index contributed by atoms with van der Waals surface area (Å²) in [5.74, 6) is 0.476. The Morgan fingerprint density at radius 1 is 1.19 bits per heavy atom. The highest BCUT2D eigenvalue weighted by Gasteiger charge is 2.21. The van der Waals surface area contributed by atoms with Gasteiger partial charge in [-0.15, -0.1) is 5.10 Å². The van der Waals surface area contributed by atoms with Crippen molar-refractivity contribution in [3.63, 3.8) is 0 Å². The second-order valence-electron chi connectivity index (χ2n) is 7.76. The Hall–Kier alpha value is -3.52. The smallest absolute Gasteiger partial charge is 0.225 e. The summed E-state index contributed by atoms with van der Waals surface area (Å²) in [6.07, 6.45) is 2.19. The largest absolute Gasteiger partial charge is 0.383 e. The van der Waals surface area contributed by atoms with Crippen molar-refractivity contribution in [1.29, 1.82) is 0 Å². The van der Waals surface area contributed by atoms with Gasteiger partial charge in [0.1, 0.15) is 11.6 Å². The zero-order valence-corrected chi connectivity index (χ0v) is 17.2. The maximum atomic E-state index is 14.0. The zero-order valence-electron chi connectivity index (χ0n) is 17.2. The van der Waals surface area contributed by atoms with Crippen molar-refractivity contribution in [2.45, 2.75) is 25.9 Å². The number of aromatic nitrogens is 4. The minimum Gasteiger partial charge on any atom is -0.383 e. The lowest BCUT2D eigenvalue weighted by Crippen LogP contribution is -2.19. The Morgan fingerprint density at radius 2 is 2.06 bits per heavy atom. The van der Waals surface area contributed by atoms with Crippen molar-refractivity contribution in [1.82, 2.24) is 19.7 Å². The quantitative estimate of drug-likeness (QED) is 0.507. The van der Waals surface area contributed by atoms with Crippen LogP contribution in [0.15, 0.2) is 48.5 Å². The number of nitrogen functional groups attached to an aromatic ring is 1. The van der Waals surface area contributed by atoms with Crippen LogP contribution in [0.25, 0.3) is 28.0 Å². The Kier molecular flexibility index (Phi) is 4.99. The Bertz CT molecular complexity index is 1250. The summed E-state index contributed by atoms with van der Waals surface area (Å²) in [7, 11) is 0. The van der Waals surface area contributed by atoms with Gasteiger partial charge < -0.3 is 15.8 Å². The van der Waals surface area contributed by atoms with Crippen LogP contribution in [-0.4, -0.2) is 39.0 Å². The second-order valence-corrected chi connectivity index (χ2v) is 7.76. The van der Waals surface area contributed by atoms with Gasteiger partial charge in [0, 0.05) is 18.7 Å². The number of rotatable bonds is 5. The monoisotopic (exact) mass is 418 g/mol. The van der Waals surface area contributed by atoms with Gasteiger partial charge in [0.05, 0.1) is 22.9 Å². The van der Waals surface area contributed by atoms with E-state index in [9.17, 15) is 4.39 Å². The van der Waals surface area contributed by atoms with Crippen LogP contribution in [0.4, 0.5) is 16.2 Å². The van der Waals surface area contributed by atoms with Crippen molar-refractivity contribution in [2.75, 3.05) is 24.2 Å². The fourth-order valence-corrected chi connectivity index (χ4v) is 3.90. The van der Waals surface area contributed by atoms with E-state index in [2.05, 4.69) is 20.4 Å². The molecule has 0 aliphatic carbocycles. The molecule has 8 heteroatoms. The van der Waals surface area contributed by atoms with E-state index in [0.717, 1.165) is 30.7 Å². The summed E-state index contributed by atoms with van der Waals surface area (Å²) < 4.78 is 21.3. The second kappa shape index (κ2) is 7.96. The van der Waals surface area contributed by atoms with Crippen molar-refractivity contribution in [3.8, 4) is 16.9 Å². The van der Waals surface area contributed by atoms with Crippen molar-refractivity contribution < 1.29 is 9.13 Å². The van der Waals surface area contributed by atoms with Gasteiger partial charge in [-0.3, -0.25) is 0 Å². The number of ether oxygens (including phenoxy) is 1. The van der Waals surface area contributed by atoms with E-state index in [1.807, 2.05) is 31.2 Å². The van der Waals surface area contributed by atoms with Gasteiger partial charge in [-0.2, -0.15) is 4.98 Å². The van der Waals surface area contributed by atoms with Gasteiger partial charge in [0.15, 0.2) is 5.65 Å². The topological polar surface area (TPSA) is 90.9 Å². The maximum absolute atomic E-state index is 14.0. The van der Waals surface area contributed by atoms with Crippen LogP contribution in [0.1, 0.15) is 18.4 Å². The number of aryl methyl sites for hydroxylation is 1. The summed E-state index contributed by atoms with van der Waals surface area (Å²) in [5, 5.41) is 8.49. The Balaban J connectivity index is 1.64.